The molecule has 4 amide bonds. The lowest BCUT2D eigenvalue weighted by molar-refractivity contribution is 0.0807. The fourth-order valence-corrected chi connectivity index (χ4v) is 4.83. The van der Waals surface area contributed by atoms with Crippen molar-refractivity contribution in [1.82, 2.24) is 0 Å². The zero-order chi connectivity index (χ0) is 31.4. The predicted molar refractivity (Wildman–Crippen MR) is 161 cm³/mol. The lowest BCUT2D eigenvalue weighted by Crippen LogP contribution is -2.18. The second kappa shape index (κ2) is 26.7. The maximum Gasteiger partial charge on any atom is 0.452 e. The van der Waals surface area contributed by atoms with Gasteiger partial charge >= 0.3 is 24.4 Å². The minimum atomic E-state index is -0.828. The van der Waals surface area contributed by atoms with Crippen LogP contribution in [0, 0.1) is 0 Å². The van der Waals surface area contributed by atoms with E-state index < -0.39 is 24.4 Å². The quantitative estimate of drug-likeness (QED) is 0.101. The second-order valence-electron chi connectivity index (χ2n) is 11.1. The van der Waals surface area contributed by atoms with Gasteiger partial charge in [-0.2, -0.15) is 0 Å². The van der Waals surface area contributed by atoms with E-state index >= 15 is 0 Å². The molecular formula is C31H54N4O8. The van der Waals surface area contributed by atoms with Gasteiger partial charge in [0, 0.05) is 0 Å². The van der Waals surface area contributed by atoms with Crippen LogP contribution in [0.5, 0.6) is 0 Å². The molecule has 0 radical (unpaired) electrons. The van der Waals surface area contributed by atoms with Crippen LogP contribution in [-0.2, 0) is 18.9 Å². The third-order valence-electron chi connectivity index (χ3n) is 7.26. The van der Waals surface area contributed by atoms with Gasteiger partial charge in [0.1, 0.15) is 12.2 Å². The second-order valence-corrected chi connectivity index (χ2v) is 11.1. The molecule has 12 nitrogen and oxygen atoms in total. The average molecular weight is 611 g/mol. The maximum absolute atomic E-state index is 11.4. The molecule has 0 saturated heterocycles. The fourth-order valence-electron chi connectivity index (χ4n) is 4.83. The monoisotopic (exact) mass is 610 g/mol. The minimum absolute atomic E-state index is 0.0835. The minimum Gasteiger partial charge on any atom is -0.447 e. The zero-order valence-electron chi connectivity index (χ0n) is 26.5. The summed E-state index contributed by atoms with van der Waals surface area (Å²) in [6, 6.07) is 0. The summed E-state index contributed by atoms with van der Waals surface area (Å²) in [5.74, 6) is 0. The molecule has 12 heteroatoms. The van der Waals surface area contributed by atoms with Gasteiger partial charge in [0.15, 0.2) is 0 Å². The van der Waals surface area contributed by atoms with Crippen molar-refractivity contribution in [3.63, 3.8) is 0 Å². The summed E-state index contributed by atoms with van der Waals surface area (Å²) in [6.07, 6.45) is 18.7. The average Bonchev–Trinajstić information content (AvgIpc) is 3.01. The van der Waals surface area contributed by atoms with Gasteiger partial charge in [0.25, 0.3) is 0 Å². The Morgan fingerprint density at radius 2 is 0.791 bits per heavy atom. The van der Waals surface area contributed by atoms with E-state index in [1.54, 1.807) is 0 Å². The first-order valence-corrected chi connectivity index (χ1v) is 16.5. The normalized spacial score (nSPS) is 16.0. The summed E-state index contributed by atoms with van der Waals surface area (Å²) in [5.41, 5.74) is 0. The van der Waals surface area contributed by atoms with E-state index in [1.807, 2.05) is 0 Å². The van der Waals surface area contributed by atoms with Crippen molar-refractivity contribution in [2.24, 2.45) is 20.5 Å². The van der Waals surface area contributed by atoms with Gasteiger partial charge in [-0.05, 0) is 64.2 Å². The van der Waals surface area contributed by atoms with Crippen LogP contribution >= 0.6 is 0 Å². The lowest BCUT2D eigenvalue weighted by atomic mass is 9.98. The maximum atomic E-state index is 11.4. The predicted octanol–water partition coefficient (Wildman–Crippen LogP) is 10.4. The van der Waals surface area contributed by atoms with Crippen LogP contribution < -0.4 is 0 Å². The SMILES string of the molecule is CCCCCCCCOC(=O)N=NC(=O)OC1CCCCC1.CCCCCCCOC(=O)N=NC(=O)OC1CCCCC1. The zero-order valence-corrected chi connectivity index (χ0v) is 26.5. The summed E-state index contributed by atoms with van der Waals surface area (Å²) >= 11 is 0. The smallest absolute Gasteiger partial charge is 0.447 e. The Balaban J connectivity index is 0.000000430. The van der Waals surface area contributed by atoms with Crippen LogP contribution in [0.1, 0.15) is 149 Å². The number of hydrogen-bond acceptors (Lipinski definition) is 8. The standard InChI is InChI=1S/C16H28N2O4.C15H26N2O4/c1-2-3-4-5-6-10-13-21-15(19)17-18-16(20)22-14-11-8-7-9-12-14;1-2-3-4-5-9-12-20-14(18)16-17-15(19)21-13-10-7-6-8-11-13/h14H,2-13H2,1H3;13H,2-12H2,1H3. The molecule has 2 fully saturated rings. The first kappa shape index (κ1) is 38.1. The molecule has 2 saturated carbocycles. The molecule has 0 aromatic rings. The highest BCUT2D eigenvalue weighted by Gasteiger charge is 2.18. The van der Waals surface area contributed by atoms with E-state index in [4.69, 9.17) is 18.9 Å². The number of amides is 4. The Morgan fingerprint density at radius 1 is 0.465 bits per heavy atom. The Kier molecular flexibility index (Phi) is 23.7. The molecule has 0 aliphatic heterocycles. The largest absolute Gasteiger partial charge is 0.452 e. The number of rotatable bonds is 15. The van der Waals surface area contributed by atoms with E-state index in [1.165, 1.54) is 44.9 Å². The van der Waals surface area contributed by atoms with Crippen LogP contribution in [-0.4, -0.2) is 49.8 Å². The van der Waals surface area contributed by atoms with Gasteiger partial charge in [0.2, 0.25) is 0 Å². The summed E-state index contributed by atoms with van der Waals surface area (Å²) in [6.45, 7) is 4.96. The van der Waals surface area contributed by atoms with Gasteiger partial charge in [-0.15, -0.1) is 0 Å². The van der Waals surface area contributed by atoms with E-state index in [0.29, 0.717) is 13.2 Å². The van der Waals surface area contributed by atoms with Crippen molar-refractivity contribution in [3.05, 3.63) is 0 Å². The molecule has 2 rings (SSSR count). The van der Waals surface area contributed by atoms with Crippen molar-refractivity contribution in [2.45, 2.75) is 161 Å². The van der Waals surface area contributed by atoms with Crippen molar-refractivity contribution < 1.29 is 38.1 Å². The van der Waals surface area contributed by atoms with Gasteiger partial charge in [-0.25, -0.2) is 19.2 Å². The molecule has 0 heterocycles. The number of carbonyl (C=O) groups is 4. The Bertz CT molecular complexity index is 825. The molecule has 0 aromatic carbocycles. The third kappa shape index (κ3) is 23.2. The third-order valence-corrected chi connectivity index (χ3v) is 7.26. The summed E-state index contributed by atoms with van der Waals surface area (Å²) in [5, 5.41) is 12.9. The van der Waals surface area contributed by atoms with Gasteiger partial charge < -0.3 is 18.9 Å². The van der Waals surface area contributed by atoms with E-state index in [2.05, 4.69) is 34.3 Å². The highest BCUT2D eigenvalue weighted by molar-refractivity contribution is 5.73. The van der Waals surface area contributed by atoms with E-state index in [-0.39, 0.29) is 12.2 Å². The first-order chi connectivity index (χ1) is 20.9. The van der Waals surface area contributed by atoms with E-state index in [0.717, 1.165) is 89.9 Å². The molecule has 0 aromatic heterocycles. The highest BCUT2D eigenvalue weighted by Crippen LogP contribution is 2.21. The number of unbranched alkanes of at least 4 members (excludes halogenated alkanes) is 9. The van der Waals surface area contributed by atoms with Gasteiger partial charge in [0.05, 0.1) is 13.2 Å². The topological polar surface area (TPSA) is 155 Å². The first-order valence-electron chi connectivity index (χ1n) is 16.5. The molecular weight excluding hydrogens is 556 g/mol. The number of carbonyl (C=O) groups excluding carboxylic acids is 4. The molecule has 0 spiro atoms. The summed E-state index contributed by atoms with van der Waals surface area (Å²) in [7, 11) is 0. The summed E-state index contributed by atoms with van der Waals surface area (Å²) < 4.78 is 20.0. The van der Waals surface area contributed by atoms with Crippen LogP contribution in [0.4, 0.5) is 19.2 Å². The van der Waals surface area contributed by atoms with Crippen molar-refractivity contribution in [3.8, 4) is 0 Å². The summed E-state index contributed by atoms with van der Waals surface area (Å²) in [4.78, 5) is 45.3. The Morgan fingerprint density at radius 3 is 1.16 bits per heavy atom. The van der Waals surface area contributed by atoms with Gasteiger partial charge in [-0.3, -0.25) is 0 Å². The Hall–Kier alpha value is -2.92. The molecule has 0 bridgehead atoms. The molecule has 246 valence electrons. The van der Waals surface area contributed by atoms with Crippen LogP contribution in [0.25, 0.3) is 0 Å². The Labute approximate surface area is 257 Å². The molecule has 0 atom stereocenters. The van der Waals surface area contributed by atoms with E-state index in [9.17, 15) is 19.2 Å². The van der Waals surface area contributed by atoms with Crippen LogP contribution in [0.3, 0.4) is 0 Å². The van der Waals surface area contributed by atoms with Crippen molar-refractivity contribution in [2.75, 3.05) is 13.2 Å². The fraction of sp³-hybridized carbons (Fsp3) is 0.871. The van der Waals surface area contributed by atoms with Crippen LogP contribution in [0.2, 0.25) is 0 Å². The molecule has 2 aliphatic carbocycles. The number of nitrogens with zero attached hydrogens (tertiary/aromatic N) is 4. The molecule has 43 heavy (non-hydrogen) atoms. The molecule has 0 unspecified atom stereocenters. The molecule has 2 aliphatic rings. The highest BCUT2D eigenvalue weighted by atomic mass is 16.6. The lowest BCUT2D eigenvalue weighted by Gasteiger charge is -2.20. The van der Waals surface area contributed by atoms with Crippen LogP contribution in [0.15, 0.2) is 20.5 Å². The number of hydrogen-bond donors (Lipinski definition) is 0. The van der Waals surface area contributed by atoms with Crippen molar-refractivity contribution >= 4 is 24.4 Å². The van der Waals surface area contributed by atoms with Gasteiger partial charge in [-0.1, -0.05) is 105 Å². The number of ether oxygens (including phenoxy) is 4. The molecule has 0 N–H and O–H groups in total. The van der Waals surface area contributed by atoms with Crippen molar-refractivity contribution in [1.29, 1.82) is 0 Å². The number of azo groups is 2.